The Bertz CT molecular complexity index is 195. The Morgan fingerprint density at radius 3 is 2.25 bits per heavy atom. The zero-order valence-corrected chi connectivity index (χ0v) is 8.27. The first-order valence-corrected chi connectivity index (χ1v) is 4.25. The fourth-order valence-corrected chi connectivity index (χ4v) is 1.09. The standard InChI is InChI=1S/C9H18N2O/c1-5-11-8(6(2)3)7(4)9(10)12/h6,11H,5H2,1-4H3,(H2,10,12)/b8-7+. The Balaban J connectivity index is 4.67. The van der Waals surface area contributed by atoms with Crippen LogP contribution in [0.15, 0.2) is 11.3 Å². The molecule has 0 aliphatic carbocycles. The number of rotatable bonds is 4. The molecule has 1 amide bonds. The minimum Gasteiger partial charge on any atom is -0.388 e. The third kappa shape index (κ3) is 2.95. The lowest BCUT2D eigenvalue weighted by Gasteiger charge is -2.15. The van der Waals surface area contributed by atoms with Crippen molar-refractivity contribution in [3.05, 3.63) is 11.3 Å². The first-order chi connectivity index (χ1) is 5.50. The summed E-state index contributed by atoms with van der Waals surface area (Å²) >= 11 is 0. The number of amides is 1. The number of carbonyl (C=O) groups is 1. The molecule has 0 heterocycles. The minimum atomic E-state index is -0.348. The molecule has 0 saturated carbocycles. The van der Waals surface area contributed by atoms with E-state index in [1.54, 1.807) is 6.92 Å². The number of nitrogens with two attached hydrogens (primary N) is 1. The molecule has 0 aromatic rings. The summed E-state index contributed by atoms with van der Waals surface area (Å²) in [5.74, 6) is -0.0305. The van der Waals surface area contributed by atoms with Crippen LogP contribution in [0.5, 0.6) is 0 Å². The third-order valence-electron chi connectivity index (χ3n) is 1.72. The zero-order valence-electron chi connectivity index (χ0n) is 8.27. The summed E-state index contributed by atoms with van der Waals surface area (Å²) in [6, 6.07) is 0. The molecule has 0 aromatic carbocycles. The molecule has 3 N–H and O–H groups in total. The van der Waals surface area contributed by atoms with Crippen LogP contribution >= 0.6 is 0 Å². The fraction of sp³-hybridized carbons (Fsp3) is 0.667. The summed E-state index contributed by atoms with van der Waals surface area (Å²) < 4.78 is 0. The molecule has 12 heavy (non-hydrogen) atoms. The molecule has 0 aliphatic rings. The van der Waals surface area contributed by atoms with Gasteiger partial charge in [-0.3, -0.25) is 4.79 Å². The highest BCUT2D eigenvalue weighted by Gasteiger charge is 2.09. The van der Waals surface area contributed by atoms with Gasteiger partial charge in [0.2, 0.25) is 5.91 Å². The molecular weight excluding hydrogens is 152 g/mol. The Morgan fingerprint density at radius 1 is 1.50 bits per heavy atom. The molecule has 0 bridgehead atoms. The number of allylic oxidation sites excluding steroid dienone is 1. The second-order valence-electron chi connectivity index (χ2n) is 3.09. The minimum absolute atomic E-state index is 0.317. The molecule has 0 aliphatic heterocycles. The van der Waals surface area contributed by atoms with Gasteiger partial charge >= 0.3 is 0 Å². The van der Waals surface area contributed by atoms with Crippen LogP contribution < -0.4 is 11.1 Å². The summed E-state index contributed by atoms with van der Waals surface area (Å²) in [6.07, 6.45) is 0. The van der Waals surface area contributed by atoms with Crippen molar-refractivity contribution in [3.63, 3.8) is 0 Å². The normalized spacial score (nSPS) is 12.8. The van der Waals surface area contributed by atoms with Crippen LogP contribution in [0.4, 0.5) is 0 Å². The Hall–Kier alpha value is -0.990. The van der Waals surface area contributed by atoms with E-state index in [4.69, 9.17) is 5.73 Å². The molecular formula is C9H18N2O. The summed E-state index contributed by atoms with van der Waals surface area (Å²) in [6.45, 7) is 8.63. The molecule has 3 nitrogen and oxygen atoms in total. The fourth-order valence-electron chi connectivity index (χ4n) is 1.09. The molecule has 0 fully saturated rings. The van der Waals surface area contributed by atoms with Crippen molar-refractivity contribution < 1.29 is 4.79 Å². The highest BCUT2D eigenvalue weighted by molar-refractivity contribution is 5.92. The van der Waals surface area contributed by atoms with Gasteiger partial charge in [0.15, 0.2) is 0 Å². The average Bonchev–Trinajstić information content (AvgIpc) is 1.98. The van der Waals surface area contributed by atoms with Crippen molar-refractivity contribution in [2.75, 3.05) is 6.54 Å². The van der Waals surface area contributed by atoms with Gasteiger partial charge in [0.05, 0.1) is 0 Å². The van der Waals surface area contributed by atoms with Gasteiger partial charge in [-0.15, -0.1) is 0 Å². The Kier molecular flexibility index (Phi) is 4.40. The first-order valence-electron chi connectivity index (χ1n) is 4.25. The summed E-state index contributed by atoms with van der Waals surface area (Å²) in [7, 11) is 0. The summed E-state index contributed by atoms with van der Waals surface area (Å²) in [4.78, 5) is 10.8. The van der Waals surface area contributed by atoms with Gasteiger partial charge in [-0.2, -0.15) is 0 Å². The van der Waals surface area contributed by atoms with Gasteiger partial charge in [0.25, 0.3) is 0 Å². The number of nitrogens with one attached hydrogen (secondary N) is 1. The van der Waals surface area contributed by atoms with E-state index in [1.807, 2.05) is 20.8 Å². The van der Waals surface area contributed by atoms with Gasteiger partial charge in [-0.25, -0.2) is 0 Å². The maximum Gasteiger partial charge on any atom is 0.246 e. The highest BCUT2D eigenvalue weighted by Crippen LogP contribution is 2.10. The van der Waals surface area contributed by atoms with Crippen molar-refractivity contribution in [3.8, 4) is 0 Å². The largest absolute Gasteiger partial charge is 0.388 e. The molecule has 0 radical (unpaired) electrons. The molecule has 70 valence electrons. The van der Waals surface area contributed by atoms with Gasteiger partial charge < -0.3 is 11.1 Å². The van der Waals surface area contributed by atoms with E-state index >= 15 is 0 Å². The maximum absolute atomic E-state index is 10.8. The lowest BCUT2D eigenvalue weighted by Crippen LogP contribution is -2.24. The topological polar surface area (TPSA) is 55.1 Å². The lowest BCUT2D eigenvalue weighted by atomic mass is 10.0. The smallest absolute Gasteiger partial charge is 0.246 e. The van der Waals surface area contributed by atoms with Crippen LogP contribution in [0.1, 0.15) is 27.7 Å². The Labute approximate surface area is 74.0 Å². The van der Waals surface area contributed by atoms with Crippen molar-refractivity contribution in [1.82, 2.24) is 5.32 Å². The van der Waals surface area contributed by atoms with Crippen molar-refractivity contribution in [2.24, 2.45) is 11.7 Å². The number of hydrogen-bond donors (Lipinski definition) is 2. The highest BCUT2D eigenvalue weighted by atomic mass is 16.1. The second kappa shape index (κ2) is 4.80. The van der Waals surface area contributed by atoms with Gasteiger partial charge in [-0.1, -0.05) is 13.8 Å². The van der Waals surface area contributed by atoms with Crippen molar-refractivity contribution in [2.45, 2.75) is 27.7 Å². The van der Waals surface area contributed by atoms with Crippen LogP contribution in [0.2, 0.25) is 0 Å². The van der Waals surface area contributed by atoms with Crippen LogP contribution in [0.25, 0.3) is 0 Å². The van der Waals surface area contributed by atoms with Crippen LogP contribution in [0, 0.1) is 5.92 Å². The molecule has 3 heteroatoms. The van der Waals surface area contributed by atoms with Gasteiger partial charge in [0.1, 0.15) is 0 Å². The quantitative estimate of drug-likeness (QED) is 0.619. The number of primary amides is 1. The van der Waals surface area contributed by atoms with Crippen LogP contribution in [-0.2, 0) is 4.79 Å². The molecule has 0 unspecified atom stereocenters. The average molecular weight is 170 g/mol. The number of carbonyl (C=O) groups excluding carboxylic acids is 1. The molecule has 0 saturated heterocycles. The first kappa shape index (κ1) is 11.0. The van der Waals surface area contributed by atoms with E-state index in [1.165, 1.54) is 0 Å². The van der Waals surface area contributed by atoms with E-state index in [9.17, 15) is 4.79 Å². The third-order valence-corrected chi connectivity index (χ3v) is 1.72. The second-order valence-corrected chi connectivity index (χ2v) is 3.09. The van der Waals surface area contributed by atoms with Gasteiger partial charge in [-0.05, 0) is 19.8 Å². The van der Waals surface area contributed by atoms with E-state index in [0.717, 1.165) is 12.2 Å². The van der Waals surface area contributed by atoms with Gasteiger partial charge in [0, 0.05) is 17.8 Å². The van der Waals surface area contributed by atoms with Crippen molar-refractivity contribution >= 4 is 5.91 Å². The summed E-state index contributed by atoms with van der Waals surface area (Å²) in [5, 5.41) is 3.14. The van der Waals surface area contributed by atoms with E-state index in [0.29, 0.717) is 11.5 Å². The van der Waals surface area contributed by atoms with Crippen molar-refractivity contribution in [1.29, 1.82) is 0 Å². The zero-order chi connectivity index (χ0) is 9.72. The maximum atomic E-state index is 10.8. The SMILES string of the molecule is CCN/C(=C(\C)C(N)=O)C(C)C. The number of hydrogen-bond acceptors (Lipinski definition) is 2. The van der Waals surface area contributed by atoms with Crippen LogP contribution in [-0.4, -0.2) is 12.5 Å². The molecule has 0 rings (SSSR count). The molecule has 0 aromatic heterocycles. The van der Waals surface area contributed by atoms with E-state index in [2.05, 4.69) is 5.32 Å². The van der Waals surface area contributed by atoms with E-state index < -0.39 is 0 Å². The predicted octanol–water partition coefficient (Wildman–Crippen LogP) is 1.01. The monoisotopic (exact) mass is 170 g/mol. The Morgan fingerprint density at radius 2 is 2.00 bits per heavy atom. The lowest BCUT2D eigenvalue weighted by molar-refractivity contribution is -0.114. The molecule has 0 atom stereocenters. The predicted molar refractivity (Wildman–Crippen MR) is 50.4 cm³/mol. The molecule has 0 spiro atoms. The van der Waals surface area contributed by atoms with Crippen LogP contribution in [0.3, 0.4) is 0 Å². The summed E-state index contributed by atoms with van der Waals surface area (Å²) in [5.41, 5.74) is 6.75. The van der Waals surface area contributed by atoms with E-state index in [-0.39, 0.29) is 5.91 Å².